The highest BCUT2D eigenvalue weighted by atomic mass is 27.2. The molecule has 0 spiro atoms. The second-order valence-electron chi connectivity index (χ2n) is 4.65. The average molecular weight is 212 g/mol. The average Bonchev–Trinajstić information content (AvgIpc) is 2.27. The summed E-state index contributed by atoms with van der Waals surface area (Å²) in [6, 6.07) is 0. The van der Waals surface area contributed by atoms with Crippen LogP contribution in [-0.4, -0.2) is 20.1 Å². The monoisotopic (exact) mass is 212 g/mol. The molecule has 1 rings (SSSR count). The second-order valence-corrected chi connectivity index (χ2v) is 7.77. The van der Waals surface area contributed by atoms with E-state index in [4.69, 9.17) is 3.79 Å². The van der Waals surface area contributed by atoms with Crippen LogP contribution in [0.5, 0.6) is 0 Å². The lowest BCUT2D eigenvalue weighted by Gasteiger charge is -2.40. The van der Waals surface area contributed by atoms with Gasteiger partial charge in [-0.25, -0.2) is 0 Å². The van der Waals surface area contributed by atoms with Gasteiger partial charge in [0.1, 0.15) is 0 Å². The van der Waals surface area contributed by atoms with Crippen LogP contribution in [0.4, 0.5) is 0 Å². The van der Waals surface area contributed by atoms with Gasteiger partial charge in [0, 0.05) is 5.60 Å². The molecule has 0 heterocycles. The first-order chi connectivity index (χ1) is 6.76. The lowest BCUT2D eigenvalue weighted by molar-refractivity contribution is 0.0231. The Balaban J connectivity index is 2.50. The molecule has 1 fully saturated rings. The molecule has 1 aliphatic rings. The summed E-state index contributed by atoms with van der Waals surface area (Å²) in [5.74, 6) is 0. The number of rotatable bonds is 5. The van der Waals surface area contributed by atoms with Gasteiger partial charge in [-0.05, 0) is 19.3 Å². The first-order valence-electron chi connectivity index (χ1n) is 6.44. The molecule has 2 heteroatoms. The Kier molecular flexibility index (Phi) is 5.52. The van der Waals surface area contributed by atoms with E-state index in [0.29, 0.717) is 5.60 Å². The molecular weight excluding hydrogens is 187 g/mol. The normalized spacial score (nSPS) is 20.8. The molecule has 0 aromatic heterocycles. The van der Waals surface area contributed by atoms with Crippen molar-refractivity contribution in [1.82, 2.24) is 0 Å². The molecule has 1 aliphatic carbocycles. The van der Waals surface area contributed by atoms with Crippen LogP contribution in [0.1, 0.15) is 59.3 Å². The summed E-state index contributed by atoms with van der Waals surface area (Å²) in [6.45, 7) is 6.90. The fraction of sp³-hybridized carbons (Fsp3) is 1.00. The Labute approximate surface area is 93.9 Å². The second kappa shape index (κ2) is 6.16. The molecule has 0 unspecified atom stereocenters. The quantitative estimate of drug-likeness (QED) is 0.622. The Morgan fingerprint density at radius 3 is 2.00 bits per heavy atom. The number of hydrogen-bond donors (Lipinski definition) is 0. The minimum absolute atomic E-state index is 0.307. The summed E-state index contributed by atoms with van der Waals surface area (Å²) in [7, 11) is 0. The van der Waals surface area contributed by atoms with Crippen molar-refractivity contribution in [3.63, 3.8) is 0 Å². The molecule has 14 heavy (non-hydrogen) atoms. The van der Waals surface area contributed by atoms with E-state index < -0.39 is 14.5 Å². The SMILES string of the molecule is C[CH2][Al]([CH2]C)[O]C1(CC)CCCCC1. The Morgan fingerprint density at radius 1 is 1.00 bits per heavy atom. The van der Waals surface area contributed by atoms with E-state index in [0.717, 1.165) is 0 Å². The van der Waals surface area contributed by atoms with Gasteiger partial charge in [0.25, 0.3) is 0 Å². The van der Waals surface area contributed by atoms with Crippen molar-refractivity contribution in [2.24, 2.45) is 0 Å². The molecule has 1 saturated carbocycles. The first-order valence-corrected chi connectivity index (χ1v) is 8.54. The molecule has 0 bridgehead atoms. The molecule has 0 aromatic carbocycles. The molecule has 0 aliphatic heterocycles. The fourth-order valence-corrected chi connectivity index (χ4v) is 4.58. The molecular formula is C12H25AlO. The van der Waals surface area contributed by atoms with E-state index in [2.05, 4.69) is 20.8 Å². The predicted molar refractivity (Wildman–Crippen MR) is 63.9 cm³/mol. The molecule has 0 aromatic rings. The van der Waals surface area contributed by atoms with Crippen molar-refractivity contribution in [3.05, 3.63) is 0 Å². The van der Waals surface area contributed by atoms with Gasteiger partial charge in [0.15, 0.2) is 0 Å². The largest absolute Gasteiger partial charge is 0.496 e. The van der Waals surface area contributed by atoms with Crippen LogP contribution < -0.4 is 0 Å². The van der Waals surface area contributed by atoms with Crippen LogP contribution in [0.2, 0.25) is 10.6 Å². The Hall–Kier alpha value is 0.492. The summed E-state index contributed by atoms with van der Waals surface area (Å²) in [6.07, 6.45) is 8.09. The molecule has 0 saturated heterocycles. The molecule has 82 valence electrons. The zero-order valence-electron chi connectivity index (χ0n) is 10.1. The van der Waals surface area contributed by atoms with E-state index in [-0.39, 0.29) is 0 Å². The van der Waals surface area contributed by atoms with Gasteiger partial charge in [0.2, 0.25) is 0 Å². The third-order valence-corrected chi connectivity index (χ3v) is 6.39. The third-order valence-electron chi connectivity index (χ3n) is 3.74. The highest BCUT2D eigenvalue weighted by molar-refractivity contribution is 6.51. The molecule has 0 atom stereocenters. The highest BCUT2D eigenvalue weighted by Gasteiger charge is 2.34. The van der Waals surface area contributed by atoms with E-state index in [9.17, 15) is 0 Å². The summed E-state index contributed by atoms with van der Waals surface area (Å²) < 4.78 is 6.47. The van der Waals surface area contributed by atoms with Gasteiger partial charge in [-0.2, -0.15) is 0 Å². The van der Waals surface area contributed by atoms with Gasteiger partial charge >= 0.3 is 14.5 Å². The Bertz CT molecular complexity index is 148. The number of hydrogen-bond acceptors (Lipinski definition) is 1. The van der Waals surface area contributed by atoms with Crippen molar-refractivity contribution in [2.75, 3.05) is 0 Å². The maximum absolute atomic E-state index is 6.47. The zero-order valence-corrected chi connectivity index (χ0v) is 11.3. The minimum Gasteiger partial charge on any atom is -0.496 e. The van der Waals surface area contributed by atoms with Crippen molar-refractivity contribution >= 4 is 14.5 Å². The Morgan fingerprint density at radius 2 is 1.57 bits per heavy atom. The third kappa shape index (κ3) is 3.26. The van der Waals surface area contributed by atoms with Gasteiger partial charge in [0.05, 0.1) is 0 Å². The smallest absolute Gasteiger partial charge is 0.460 e. The van der Waals surface area contributed by atoms with E-state index in [1.807, 2.05) is 0 Å². The van der Waals surface area contributed by atoms with Gasteiger partial charge < -0.3 is 3.79 Å². The zero-order chi connectivity index (χ0) is 10.4. The van der Waals surface area contributed by atoms with Crippen LogP contribution in [0.3, 0.4) is 0 Å². The van der Waals surface area contributed by atoms with Crippen LogP contribution in [0, 0.1) is 0 Å². The van der Waals surface area contributed by atoms with E-state index in [1.54, 1.807) is 0 Å². The topological polar surface area (TPSA) is 9.23 Å². The van der Waals surface area contributed by atoms with Crippen LogP contribution in [0.25, 0.3) is 0 Å². The molecule has 0 radical (unpaired) electrons. The van der Waals surface area contributed by atoms with Crippen LogP contribution in [0.15, 0.2) is 0 Å². The maximum atomic E-state index is 6.47. The molecule has 0 N–H and O–H groups in total. The van der Waals surface area contributed by atoms with Gasteiger partial charge in [-0.3, -0.25) is 0 Å². The summed E-state index contributed by atoms with van der Waals surface area (Å²) >= 11 is -0.850. The summed E-state index contributed by atoms with van der Waals surface area (Å²) in [5.41, 5.74) is 0.307. The van der Waals surface area contributed by atoms with E-state index >= 15 is 0 Å². The van der Waals surface area contributed by atoms with Crippen molar-refractivity contribution in [2.45, 2.75) is 75.5 Å². The van der Waals surface area contributed by atoms with E-state index in [1.165, 1.54) is 49.1 Å². The maximum Gasteiger partial charge on any atom is 0.460 e. The fourth-order valence-electron chi connectivity index (χ4n) is 2.56. The standard InChI is InChI=1S/C8H15O.2C2H5.Al/c1-2-8(9)6-4-3-5-7-8;2*1-2;/h2-7H2,1H3;2*1H2,2H3;/q-1;;;+1. The lowest BCUT2D eigenvalue weighted by atomic mass is 9.83. The van der Waals surface area contributed by atoms with Crippen molar-refractivity contribution in [1.29, 1.82) is 0 Å². The van der Waals surface area contributed by atoms with Crippen LogP contribution in [-0.2, 0) is 3.79 Å². The van der Waals surface area contributed by atoms with Crippen LogP contribution >= 0.6 is 0 Å². The minimum atomic E-state index is -0.850. The summed E-state index contributed by atoms with van der Waals surface area (Å²) in [5, 5.41) is 2.61. The highest BCUT2D eigenvalue weighted by Crippen LogP contribution is 2.35. The van der Waals surface area contributed by atoms with Gasteiger partial charge in [-0.15, -0.1) is 0 Å². The first kappa shape index (κ1) is 12.6. The lowest BCUT2D eigenvalue weighted by Crippen LogP contribution is -2.39. The van der Waals surface area contributed by atoms with Crippen molar-refractivity contribution in [3.8, 4) is 0 Å². The predicted octanol–water partition coefficient (Wildman–Crippen LogP) is 4.15. The summed E-state index contributed by atoms with van der Waals surface area (Å²) in [4.78, 5) is 0. The molecule has 0 amide bonds. The molecule has 1 nitrogen and oxygen atoms in total. The van der Waals surface area contributed by atoms with Gasteiger partial charge in [-0.1, -0.05) is 50.6 Å². The van der Waals surface area contributed by atoms with Crippen molar-refractivity contribution < 1.29 is 3.79 Å².